The van der Waals surface area contributed by atoms with Gasteiger partial charge in [0, 0.05) is 19.1 Å². The van der Waals surface area contributed by atoms with E-state index in [4.69, 9.17) is 5.26 Å². The third kappa shape index (κ3) is 1.65. The van der Waals surface area contributed by atoms with E-state index in [9.17, 15) is 4.79 Å². The number of nitriles is 1. The van der Waals surface area contributed by atoms with Crippen molar-refractivity contribution in [2.45, 2.75) is 37.8 Å². The van der Waals surface area contributed by atoms with Gasteiger partial charge in [0.05, 0.1) is 11.6 Å². The first-order chi connectivity index (χ1) is 9.79. The van der Waals surface area contributed by atoms with E-state index >= 15 is 0 Å². The van der Waals surface area contributed by atoms with Crippen LogP contribution in [0.25, 0.3) is 0 Å². The highest BCUT2D eigenvalue weighted by Crippen LogP contribution is 2.42. The maximum Gasteiger partial charge on any atom is 0.245 e. The molecule has 1 amide bonds. The number of rotatable bonds is 2. The van der Waals surface area contributed by atoms with Crippen LogP contribution in [-0.2, 0) is 4.79 Å². The Morgan fingerprint density at radius 2 is 2.25 bits per heavy atom. The van der Waals surface area contributed by atoms with Crippen LogP contribution < -0.4 is 4.90 Å². The van der Waals surface area contributed by atoms with Gasteiger partial charge in [-0.05, 0) is 36.6 Å². The maximum atomic E-state index is 12.7. The highest BCUT2D eigenvalue weighted by Gasteiger charge is 2.49. The molecule has 0 spiro atoms. The molecule has 3 aliphatic rings. The molecule has 20 heavy (non-hydrogen) atoms. The van der Waals surface area contributed by atoms with E-state index in [0.29, 0.717) is 11.6 Å². The molecule has 3 fully saturated rings. The third-order valence-electron chi connectivity index (χ3n) is 5.08. The first-order valence-electron chi connectivity index (χ1n) is 7.34. The zero-order chi connectivity index (χ0) is 13.7. The molecule has 3 atom stereocenters. The number of hydrogen-bond donors (Lipinski definition) is 0. The van der Waals surface area contributed by atoms with E-state index < -0.39 is 0 Å². The van der Waals surface area contributed by atoms with Crippen molar-refractivity contribution in [3.8, 4) is 6.07 Å². The Kier molecular flexibility index (Phi) is 2.83. The van der Waals surface area contributed by atoms with E-state index in [0.717, 1.165) is 30.4 Å². The number of nitrogens with zero attached hydrogens (tertiary/aromatic N) is 3. The van der Waals surface area contributed by atoms with Crippen LogP contribution in [0.1, 0.15) is 31.2 Å². The summed E-state index contributed by atoms with van der Waals surface area (Å²) in [5.74, 6) is 1.04. The molecular formula is C15H17N3OS. The smallest absolute Gasteiger partial charge is 0.245 e. The molecule has 5 heteroatoms. The molecule has 3 heterocycles. The number of carbonyl (C=O) groups excluding carboxylic acids is 1. The Morgan fingerprint density at radius 3 is 3.05 bits per heavy atom. The number of hydrogen-bond acceptors (Lipinski definition) is 4. The third-order valence-corrected chi connectivity index (χ3v) is 6.01. The average molecular weight is 287 g/mol. The summed E-state index contributed by atoms with van der Waals surface area (Å²) in [6, 6.07) is 4.70. The molecule has 104 valence electrons. The van der Waals surface area contributed by atoms with Gasteiger partial charge in [-0.25, -0.2) is 0 Å². The zero-order valence-corrected chi connectivity index (χ0v) is 12.1. The lowest BCUT2D eigenvalue weighted by molar-refractivity contribution is -0.126. The summed E-state index contributed by atoms with van der Waals surface area (Å²) >= 11 is 1.50. The van der Waals surface area contributed by atoms with Crippen LogP contribution in [0.15, 0.2) is 11.4 Å². The summed E-state index contributed by atoms with van der Waals surface area (Å²) in [7, 11) is 0. The minimum atomic E-state index is 0.0583. The summed E-state index contributed by atoms with van der Waals surface area (Å²) in [6.45, 7) is 1.86. The Balaban J connectivity index is 1.53. The van der Waals surface area contributed by atoms with Crippen LogP contribution in [0.5, 0.6) is 0 Å². The summed E-state index contributed by atoms with van der Waals surface area (Å²) in [5, 5.41) is 11.8. The van der Waals surface area contributed by atoms with Crippen molar-refractivity contribution in [2.24, 2.45) is 5.92 Å². The van der Waals surface area contributed by atoms with Crippen molar-refractivity contribution in [2.75, 3.05) is 18.0 Å². The molecule has 0 aromatic carbocycles. The van der Waals surface area contributed by atoms with Crippen molar-refractivity contribution in [3.63, 3.8) is 0 Å². The number of anilines is 1. The van der Waals surface area contributed by atoms with Gasteiger partial charge in [0.2, 0.25) is 5.91 Å². The van der Waals surface area contributed by atoms with Crippen molar-refractivity contribution in [3.05, 3.63) is 17.0 Å². The number of likely N-dealkylation sites (tertiary alicyclic amines) is 1. The second-order valence-electron chi connectivity index (χ2n) is 6.00. The largest absolute Gasteiger partial charge is 0.301 e. The highest BCUT2D eigenvalue weighted by molar-refractivity contribution is 7.14. The van der Waals surface area contributed by atoms with Crippen LogP contribution in [0.2, 0.25) is 0 Å². The second-order valence-corrected chi connectivity index (χ2v) is 6.90. The fraction of sp³-hybridized carbons (Fsp3) is 0.600. The van der Waals surface area contributed by atoms with Gasteiger partial charge < -0.3 is 4.90 Å². The minimum absolute atomic E-state index is 0.0583. The fourth-order valence-electron chi connectivity index (χ4n) is 4.06. The first-order valence-corrected chi connectivity index (χ1v) is 8.22. The average Bonchev–Trinajstić information content (AvgIpc) is 3.11. The summed E-state index contributed by atoms with van der Waals surface area (Å²) in [5.41, 5.74) is 0.631. The number of amides is 1. The Morgan fingerprint density at radius 1 is 1.35 bits per heavy atom. The molecule has 1 aromatic rings. The normalized spacial score (nSPS) is 33.0. The fourth-order valence-corrected chi connectivity index (χ4v) is 4.95. The number of carbonyl (C=O) groups is 1. The predicted molar refractivity (Wildman–Crippen MR) is 77.6 cm³/mol. The van der Waals surface area contributed by atoms with Gasteiger partial charge in [-0.15, -0.1) is 11.3 Å². The Hall–Kier alpha value is -1.38. The molecule has 0 radical (unpaired) electrons. The van der Waals surface area contributed by atoms with Crippen molar-refractivity contribution >= 4 is 22.2 Å². The monoisotopic (exact) mass is 287 g/mol. The van der Waals surface area contributed by atoms with Crippen LogP contribution in [0.4, 0.5) is 5.00 Å². The van der Waals surface area contributed by atoms with Crippen molar-refractivity contribution < 1.29 is 4.79 Å². The lowest BCUT2D eigenvalue weighted by Gasteiger charge is -2.47. The SMILES string of the molecule is N#Cc1ccsc1N1CC[C@H](N2C[C@@H]3CCC[C@H]32)C1=O. The zero-order valence-electron chi connectivity index (χ0n) is 11.3. The van der Waals surface area contributed by atoms with Gasteiger partial charge in [-0.1, -0.05) is 6.42 Å². The second kappa shape index (κ2) is 4.57. The molecule has 0 unspecified atom stereocenters. The van der Waals surface area contributed by atoms with Crippen LogP contribution in [-0.4, -0.2) is 36.0 Å². The lowest BCUT2D eigenvalue weighted by Crippen LogP contribution is -2.59. The van der Waals surface area contributed by atoms with Crippen LogP contribution in [0, 0.1) is 17.2 Å². The lowest BCUT2D eigenvalue weighted by atomic mass is 9.89. The molecule has 1 aliphatic carbocycles. The topological polar surface area (TPSA) is 47.3 Å². The van der Waals surface area contributed by atoms with E-state index in [2.05, 4.69) is 11.0 Å². The predicted octanol–water partition coefficient (Wildman–Crippen LogP) is 2.21. The molecule has 1 saturated carbocycles. The van der Waals surface area contributed by atoms with Crippen molar-refractivity contribution in [1.82, 2.24) is 4.90 Å². The molecule has 2 aliphatic heterocycles. The maximum absolute atomic E-state index is 12.7. The van der Waals surface area contributed by atoms with Crippen molar-refractivity contribution in [1.29, 1.82) is 5.26 Å². The van der Waals surface area contributed by atoms with E-state index in [1.165, 1.54) is 30.6 Å². The molecule has 4 nitrogen and oxygen atoms in total. The van der Waals surface area contributed by atoms with Gasteiger partial charge in [-0.3, -0.25) is 9.69 Å². The molecule has 0 bridgehead atoms. The molecule has 0 N–H and O–H groups in total. The van der Waals surface area contributed by atoms with Crippen LogP contribution in [0.3, 0.4) is 0 Å². The number of thiophene rings is 1. The standard InChI is InChI=1S/C15H17N3OS/c16-8-10-5-7-20-15(10)17-6-4-13(14(17)19)18-9-11-2-1-3-12(11)18/h5,7,11-13H,1-4,6,9H2/t11-,12+,13-/m0/s1. The van der Waals surface area contributed by atoms with Gasteiger partial charge in [-0.2, -0.15) is 5.26 Å². The van der Waals surface area contributed by atoms with Gasteiger partial charge in [0.25, 0.3) is 0 Å². The Bertz CT molecular complexity index is 590. The van der Waals surface area contributed by atoms with Gasteiger partial charge in [0.15, 0.2) is 0 Å². The Labute approximate surface area is 122 Å². The highest BCUT2D eigenvalue weighted by atomic mass is 32.1. The molecule has 4 rings (SSSR count). The summed E-state index contributed by atoms with van der Waals surface area (Å²) in [6.07, 6.45) is 4.83. The van der Waals surface area contributed by atoms with E-state index in [-0.39, 0.29) is 11.9 Å². The molecule has 1 aromatic heterocycles. The molecule has 2 saturated heterocycles. The van der Waals surface area contributed by atoms with Crippen LogP contribution >= 0.6 is 11.3 Å². The van der Waals surface area contributed by atoms with Gasteiger partial charge in [0.1, 0.15) is 11.1 Å². The first kappa shape index (κ1) is 12.4. The van der Waals surface area contributed by atoms with Gasteiger partial charge >= 0.3 is 0 Å². The minimum Gasteiger partial charge on any atom is -0.301 e. The van der Waals surface area contributed by atoms with E-state index in [1.54, 1.807) is 6.07 Å². The summed E-state index contributed by atoms with van der Waals surface area (Å²) < 4.78 is 0. The van der Waals surface area contributed by atoms with E-state index in [1.807, 2.05) is 10.3 Å². The summed E-state index contributed by atoms with van der Waals surface area (Å²) in [4.78, 5) is 16.9. The number of fused-ring (bicyclic) bond motifs is 1. The molecular weight excluding hydrogens is 270 g/mol. The quantitative estimate of drug-likeness (QED) is 0.838.